The molecule has 1 saturated heterocycles. The molecule has 1 aliphatic heterocycles. The molecule has 0 radical (unpaired) electrons. The van der Waals surface area contributed by atoms with Gasteiger partial charge in [0.25, 0.3) is 0 Å². The number of aliphatic carboxylic acids is 1. The van der Waals surface area contributed by atoms with Crippen LogP contribution in [0, 0.1) is 68.5 Å². The molecule has 0 bridgehead atoms. The standard InChI is InChI=1S/C44H71FN2O6S/c1-27(2)29-12-18-44(46-21-15-28(26-45)47-22-24-54(51,52)25-23-47)20-19-42(8)30(34(29)44)10-11-32-41(7)16-14-33(39(3,4)31(41)13-17-43(32,42)9)53-38(50)36-35(37(48)49)40(36,5)6/h28-36,46H,1,10-26H2,2-9H3,(H,48,49)/t28-,29+,30-,31+,32-,33+,34-,35+,36-,41+,42-,43-,44+/m1/s1. The summed E-state index contributed by atoms with van der Waals surface area (Å²) in [4.78, 5) is 27.4. The quantitative estimate of drug-likeness (QED) is 0.172. The van der Waals surface area contributed by atoms with Crippen molar-refractivity contribution >= 4 is 21.8 Å². The van der Waals surface area contributed by atoms with E-state index in [2.05, 4.69) is 58.3 Å². The van der Waals surface area contributed by atoms with Crippen molar-refractivity contribution in [1.82, 2.24) is 10.2 Å². The van der Waals surface area contributed by atoms with E-state index in [1.165, 1.54) is 31.3 Å². The molecule has 7 fully saturated rings. The van der Waals surface area contributed by atoms with E-state index in [0.29, 0.717) is 49.1 Å². The minimum Gasteiger partial charge on any atom is -0.481 e. The summed E-state index contributed by atoms with van der Waals surface area (Å²) in [5.41, 5.74) is 1.02. The Morgan fingerprint density at radius 1 is 0.870 bits per heavy atom. The number of allylic oxidation sites excluding steroid dienone is 1. The lowest BCUT2D eigenvalue weighted by atomic mass is 9.32. The minimum atomic E-state index is -3.01. The number of esters is 1. The van der Waals surface area contributed by atoms with Gasteiger partial charge in [-0.2, -0.15) is 0 Å². The molecular weight excluding hydrogens is 704 g/mol. The Morgan fingerprint density at radius 2 is 1.56 bits per heavy atom. The van der Waals surface area contributed by atoms with E-state index in [0.717, 1.165) is 45.1 Å². The first kappa shape index (κ1) is 40.7. The van der Waals surface area contributed by atoms with Gasteiger partial charge in [0.15, 0.2) is 9.84 Å². The third-order valence-electron chi connectivity index (χ3n) is 18.6. The van der Waals surface area contributed by atoms with Gasteiger partial charge in [-0.25, -0.2) is 12.8 Å². The van der Waals surface area contributed by atoms with Crippen LogP contribution in [0.1, 0.15) is 126 Å². The van der Waals surface area contributed by atoms with Crippen LogP contribution in [0.4, 0.5) is 4.39 Å². The van der Waals surface area contributed by atoms with Crippen LogP contribution in [0.15, 0.2) is 12.2 Å². The zero-order chi connectivity index (χ0) is 39.4. The lowest BCUT2D eigenvalue weighted by Crippen LogP contribution is -2.69. The lowest BCUT2D eigenvalue weighted by molar-refractivity contribution is -0.246. The molecule has 0 unspecified atom stereocenters. The zero-order valence-corrected chi connectivity index (χ0v) is 35.5. The van der Waals surface area contributed by atoms with Crippen LogP contribution in [-0.2, 0) is 24.2 Å². The Balaban J connectivity index is 1.08. The summed E-state index contributed by atoms with van der Waals surface area (Å²) in [5.74, 6) is 0.307. The second-order valence-electron chi connectivity index (χ2n) is 21.5. The van der Waals surface area contributed by atoms with Gasteiger partial charge >= 0.3 is 11.9 Å². The van der Waals surface area contributed by atoms with Gasteiger partial charge in [0.05, 0.1) is 23.3 Å². The summed E-state index contributed by atoms with van der Waals surface area (Å²) in [7, 11) is -3.01. The molecule has 0 aromatic heterocycles. The summed E-state index contributed by atoms with van der Waals surface area (Å²) < 4.78 is 44.8. The number of carboxylic acids is 1. The Hall–Kier alpha value is -1.52. The molecule has 7 rings (SSSR count). The van der Waals surface area contributed by atoms with Crippen molar-refractivity contribution in [2.24, 2.45) is 68.5 Å². The van der Waals surface area contributed by atoms with Crippen molar-refractivity contribution in [2.75, 3.05) is 37.8 Å². The molecule has 0 spiro atoms. The minimum absolute atomic E-state index is 0.0177. The lowest BCUT2D eigenvalue weighted by Gasteiger charge is -2.73. The Morgan fingerprint density at radius 3 is 2.17 bits per heavy atom. The van der Waals surface area contributed by atoms with Crippen LogP contribution in [0.5, 0.6) is 0 Å². The zero-order valence-electron chi connectivity index (χ0n) is 34.6. The highest BCUT2D eigenvalue weighted by Gasteiger charge is 2.72. The smallest absolute Gasteiger partial charge is 0.310 e. The molecule has 0 aromatic rings. The van der Waals surface area contributed by atoms with E-state index in [1.54, 1.807) is 0 Å². The summed E-state index contributed by atoms with van der Waals surface area (Å²) in [6.45, 7) is 24.1. The van der Waals surface area contributed by atoms with Gasteiger partial charge in [-0.3, -0.25) is 14.5 Å². The maximum absolute atomic E-state index is 14.4. The number of nitrogens with zero attached hydrogens (tertiary/aromatic N) is 1. The molecule has 8 nitrogen and oxygen atoms in total. The number of hydrogen-bond donors (Lipinski definition) is 2. The van der Waals surface area contributed by atoms with Crippen molar-refractivity contribution in [3.05, 3.63) is 12.2 Å². The highest BCUT2D eigenvalue weighted by molar-refractivity contribution is 7.91. The van der Waals surface area contributed by atoms with Crippen molar-refractivity contribution < 1.29 is 32.2 Å². The summed E-state index contributed by atoms with van der Waals surface area (Å²) in [6, 6.07) is -0.245. The van der Waals surface area contributed by atoms with Gasteiger partial charge in [-0.05, 0) is 135 Å². The normalized spacial score (nSPS) is 46.5. The SMILES string of the molecule is C=C(C)[C@@H]1CC[C@]2(NCC[C@H](CF)N3CCS(=O)(=O)CC3)CC[C@]3(C)[C@H](CC[C@@H]4[C@@]5(C)CC[C@H](OC(=O)[C@H]6[C@@H](C(=O)O)C6(C)C)C(C)(C)[C@@H]5CC[C@]43C)[C@@H]12. The summed E-state index contributed by atoms with van der Waals surface area (Å²) >= 11 is 0. The maximum atomic E-state index is 14.4. The number of halogens is 1. The first-order chi connectivity index (χ1) is 25.1. The van der Waals surface area contributed by atoms with Gasteiger partial charge in [0.2, 0.25) is 0 Å². The van der Waals surface area contributed by atoms with Crippen molar-refractivity contribution in [3.8, 4) is 0 Å². The van der Waals surface area contributed by atoms with Crippen LogP contribution in [0.3, 0.4) is 0 Å². The molecule has 6 saturated carbocycles. The van der Waals surface area contributed by atoms with Crippen molar-refractivity contribution in [2.45, 2.75) is 144 Å². The van der Waals surface area contributed by atoms with E-state index < -0.39 is 39.7 Å². The number of hydrogen-bond acceptors (Lipinski definition) is 7. The fourth-order valence-electron chi connectivity index (χ4n) is 15.3. The molecule has 13 atom stereocenters. The predicted molar refractivity (Wildman–Crippen MR) is 210 cm³/mol. The number of alkyl halides is 1. The van der Waals surface area contributed by atoms with Crippen molar-refractivity contribution in [1.29, 1.82) is 0 Å². The van der Waals surface area contributed by atoms with Gasteiger partial charge in [-0.1, -0.05) is 60.6 Å². The van der Waals surface area contributed by atoms with E-state index in [-0.39, 0.29) is 56.8 Å². The number of carbonyl (C=O) groups is 2. The second kappa shape index (κ2) is 13.5. The third-order valence-corrected chi connectivity index (χ3v) is 20.2. The third kappa shape index (κ3) is 6.09. The number of carbonyl (C=O) groups excluding carboxylic acids is 1. The molecule has 1 heterocycles. The van der Waals surface area contributed by atoms with Gasteiger partial charge in [-0.15, -0.1) is 0 Å². The largest absolute Gasteiger partial charge is 0.481 e. The van der Waals surface area contributed by atoms with E-state index in [1.807, 2.05) is 13.8 Å². The molecule has 306 valence electrons. The second-order valence-corrected chi connectivity index (χ2v) is 23.8. The van der Waals surface area contributed by atoms with Crippen LogP contribution in [-0.4, -0.2) is 85.9 Å². The van der Waals surface area contributed by atoms with Crippen molar-refractivity contribution in [3.63, 3.8) is 0 Å². The molecule has 0 aromatic carbocycles. The molecule has 2 N–H and O–H groups in total. The van der Waals surface area contributed by atoms with Crippen LogP contribution in [0.2, 0.25) is 0 Å². The number of carboxylic acid groups (broad SMARTS) is 1. The van der Waals surface area contributed by atoms with E-state index >= 15 is 0 Å². The Kier molecular flexibility index (Phi) is 10.2. The van der Waals surface area contributed by atoms with E-state index in [9.17, 15) is 27.5 Å². The van der Waals surface area contributed by atoms with Gasteiger partial charge in [0.1, 0.15) is 12.8 Å². The number of nitrogens with one attached hydrogen (secondary N) is 1. The summed E-state index contributed by atoms with van der Waals surface area (Å²) in [6.07, 6.45) is 11.6. The number of fused-ring (bicyclic) bond motifs is 7. The number of rotatable bonds is 10. The summed E-state index contributed by atoms with van der Waals surface area (Å²) in [5, 5.41) is 13.8. The molecular formula is C44H71FN2O6S. The fourth-order valence-corrected chi connectivity index (χ4v) is 16.6. The average Bonchev–Trinajstić information content (AvgIpc) is 3.47. The molecule has 0 amide bonds. The highest BCUT2D eigenvalue weighted by atomic mass is 32.2. The fraction of sp³-hybridized carbons (Fsp3) is 0.909. The average molecular weight is 775 g/mol. The molecule has 10 heteroatoms. The van der Waals surface area contributed by atoms with Crippen LogP contribution in [0.25, 0.3) is 0 Å². The first-order valence-corrected chi connectivity index (χ1v) is 23.3. The maximum Gasteiger partial charge on any atom is 0.310 e. The molecule has 54 heavy (non-hydrogen) atoms. The van der Waals surface area contributed by atoms with Crippen LogP contribution < -0.4 is 5.32 Å². The topological polar surface area (TPSA) is 113 Å². The van der Waals surface area contributed by atoms with Gasteiger partial charge < -0.3 is 15.2 Å². The van der Waals surface area contributed by atoms with Gasteiger partial charge in [0, 0.05) is 30.1 Å². The Bertz CT molecular complexity index is 1620. The number of ether oxygens (including phenoxy) is 1. The number of sulfone groups is 1. The van der Waals surface area contributed by atoms with Crippen LogP contribution >= 0.6 is 0 Å². The molecule has 6 aliphatic carbocycles. The van der Waals surface area contributed by atoms with E-state index in [4.69, 9.17) is 4.74 Å². The Labute approximate surface area is 325 Å². The monoisotopic (exact) mass is 775 g/mol. The first-order valence-electron chi connectivity index (χ1n) is 21.4. The highest BCUT2D eigenvalue weighted by Crippen LogP contribution is 2.76. The molecule has 7 aliphatic rings. The predicted octanol–water partition coefficient (Wildman–Crippen LogP) is 7.71.